The van der Waals surface area contributed by atoms with Crippen LogP contribution in [0.15, 0.2) is 0 Å². The van der Waals surface area contributed by atoms with E-state index in [1.165, 1.54) is 32.4 Å². The summed E-state index contributed by atoms with van der Waals surface area (Å²) in [6, 6.07) is 0.156. The van der Waals surface area contributed by atoms with Gasteiger partial charge in [-0.2, -0.15) is 0 Å². The Hall–Kier alpha value is -0.130. The first-order valence-electron chi connectivity index (χ1n) is 6.75. The van der Waals surface area contributed by atoms with Gasteiger partial charge in [0.1, 0.15) is 9.84 Å². The molecule has 17 heavy (non-hydrogen) atoms. The molecule has 0 aromatic heterocycles. The number of hydrogen-bond acceptors (Lipinski definition) is 4. The molecule has 0 amide bonds. The Kier molecular flexibility index (Phi) is 4.44. The standard InChI is InChI=1S/C12H24N2O2S/c13-12(10-14-6-2-1-3-7-14)11-4-8-17(15,16)9-5-11/h11-12H,1-10,13H2. The zero-order valence-electron chi connectivity index (χ0n) is 10.5. The van der Waals surface area contributed by atoms with E-state index in [0.29, 0.717) is 17.4 Å². The van der Waals surface area contributed by atoms with E-state index in [1.807, 2.05) is 0 Å². The molecule has 5 heteroatoms. The number of rotatable bonds is 3. The minimum absolute atomic E-state index is 0.156. The lowest BCUT2D eigenvalue weighted by Crippen LogP contribution is -2.46. The first-order valence-corrected chi connectivity index (χ1v) is 8.57. The van der Waals surface area contributed by atoms with Crippen molar-refractivity contribution < 1.29 is 8.42 Å². The van der Waals surface area contributed by atoms with Crippen LogP contribution in [0.25, 0.3) is 0 Å². The monoisotopic (exact) mass is 260 g/mol. The summed E-state index contributed by atoms with van der Waals surface area (Å²) in [6.45, 7) is 3.28. The van der Waals surface area contributed by atoms with E-state index in [0.717, 1.165) is 19.4 Å². The van der Waals surface area contributed by atoms with E-state index in [4.69, 9.17) is 5.73 Å². The molecule has 100 valence electrons. The number of piperidine rings is 1. The number of sulfone groups is 1. The summed E-state index contributed by atoms with van der Waals surface area (Å²) >= 11 is 0. The van der Waals surface area contributed by atoms with Gasteiger partial charge in [0.15, 0.2) is 0 Å². The molecule has 4 nitrogen and oxygen atoms in total. The second kappa shape index (κ2) is 5.67. The molecule has 2 rings (SSSR count). The van der Waals surface area contributed by atoms with Gasteiger partial charge in [-0.3, -0.25) is 0 Å². The molecule has 2 fully saturated rings. The van der Waals surface area contributed by atoms with Gasteiger partial charge in [-0.15, -0.1) is 0 Å². The van der Waals surface area contributed by atoms with Crippen LogP contribution in [0, 0.1) is 5.92 Å². The molecule has 0 radical (unpaired) electrons. The summed E-state index contributed by atoms with van der Waals surface area (Å²) < 4.78 is 22.7. The van der Waals surface area contributed by atoms with Crippen LogP contribution < -0.4 is 5.73 Å². The first kappa shape index (κ1) is 13.3. The third kappa shape index (κ3) is 3.93. The molecule has 0 aliphatic carbocycles. The lowest BCUT2D eigenvalue weighted by atomic mass is 9.93. The van der Waals surface area contributed by atoms with Gasteiger partial charge in [-0.25, -0.2) is 8.42 Å². The summed E-state index contributed by atoms with van der Waals surface area (Å²) in [4.78, 5) is 2.44. The largest absolute Gasteiger partial charge is 0.326 e. The normalized spacial score (nSPS) is 29.0. The summed E-state index contributed by atoms with van der Waals surface area (Å²) in [5.74, 6) is 1.08. The van der Waals surface area contributed by atoms with E-state index < -0.39 is 9.84 Å². The zero-order valence-corrected chi connectivity index (χ0v) is 11.3. The van der Waals surface area contributed by atoms with Crippen molar-refractivity contribution in [3.8, 4) is 0 Å². The highest BCUT2D eigenvalue weighted by molar-refractivity contribution is 7.91. The van der Waals surface area contributed by atoms with Crippen molar-refractivity contribution in [3.63, 3.8) is 0 Å². The van der Waals surface area contributed by atoms with Crippen molar-refractivity contribution in [3.05, 3.63) is 0 Å². The van der Waals surface area contributed by atoms with Gasteiger partial charge in [-0.1, -0.05) is 6.42 Å². The Bertz CT molecular complexity index is 322. The Morgan fingerprint density at radius 2 is 1.71 bits per heavy atom. The van der Waals surface area contributed by atoms with Gasteiger partial charge < -0.3 is 10.6 Å². The Balaban J connectivity index is 1.78. The van der Waals surface area contributed by atoms with Gasteiger partial charge in [0, 0.05) is 12.6 Å². The maximum Gasteiger partial charge on any atom is 0.150 e. The van der Waals surface area contributed by atoms with Gasteiger partial charge in [-0.05, 0) is 44.7 Å². The van der Waals surface area contributed by atoms with Crippen molar-refractivity contribution in [2.75, 3.05) is 31.1 Å². The zero-order chi connectivity index (χ0) is 12.3. The van der Waals surface area contributed by atoms with Crippen LogP contribution in [0.1, 0.15) is 32.1 Å². The summed E-state index contributed by atoms with van der Waals surface area (Å²) in [6.07, 6.45) is 5.43. The van der Waals surface area contributed by atoms with Gasteiger partial charge >= 0.3 is 0 Å². The lowest BCUT2D eigenvalue weighted by Gasteiger charge is -2.33. The molecule has 2 N–H and O–H groups in total. The van der Waals surface area contributed by atoms with Gasteiger partial charge in [0.25, 0.3) is 0 Å². The molecular formula is C12H24N2O2S. The molecule has 0 spiro atoms. The van der Waals surface area contributed by atoms with Crippen LogP contribution in [0.4, 0.5) is 0 Å². The molecule has 0 bridgehead atoms. The number of likely N-dealkylation sites (tertiary alicyclic amines) is 1. The highest BCUT2D eigenvalue weighted by Gasteiger charge is 2.28. The average molecular weight is 260 g/mol. The van der Waals surface area contributed by atoms with E-state index in [1.54, 1.807) is 0 Å². The Labute approximate surface area is 104 Å². The maximum absolute atomic E-state index is 11.4. The molecule has 0 aromatic rings. The fraction of sp³-hybridized carbons (Fsp3) is 1.00. The minimum atomic E-state index is -2.75. The van der Waals surface area contributed by atoms with Crippen molar-refractivity contribution in [2.24, 2.45) is 11.7 Å². The Morgan fingerprint density at radius 3 is 2.29 bits per heavy atom. The molecule has 2 saturated heterocycles. The summed E-state index contributed by atoms with van der Waals surface area (Å²) in [5, 5.41) is 0. The SMILES string of the molecule is NC(CN1CCCCC1)C1CCS(=O)(=O)CC1. The van der Waals surface area contributed by atoms with Gasteiger partial charge in [0.2, 0.25) is 0 Å². The molecule has 0 aromatic carbocycles. The number of hydrogen-bond donors (Lipinski definition) is 1. The van der Waals surface area contributed by atoms with Crippen molar-refractivity contribution >= 4 is 9.84 Å². The quantitative estimate of drug-likeness (QED) is 0.808. The van der Waals surface area contributed by atoms with Crippen molar-refractivity contribution in [1.82, 2.24) is 4.90 Å². The van der Waals surface area contributed by atoms with Crippen LogP contribution in [0.2, 0.25) is 0 Å². The van der Waals surface area contributed by atoms with Crippen molar-refractivity contribution in [1.29, 1.82) is 0 Å². The second-order valence-electron chi connectivity index (χ2n) is 5.51. The lowest BCUT2D eigenvalue weighted by molar-refractivity contribution is 0.192. The highest BCUT2D eigenvalue weighted by atomic mass is 32.2. The molecular weight excluding hydrogens is 236 g/mol. The topological polar surface area (TPSA) is 63.4 Å². The van der Waals surface area contributed by atoms with Crippen LogP contribution >= 0.6 is 0 Å². The van der Waals surface area contributed by atoms with E-state index >= 15 is 0 Å². The molecule has 1 atom stereocenters. The van der Waals surface area contributed by atoms with Crippen LogP contribution in [0.5, 0.6) is 0 Å². The van der Waals surface area contributed by atoms with E-state index in [2.05, 4.69) is 4.90 Å². The predicted octanol–water partition coefficient (Wildman–Crippen LogP) is 0.624. The predicted molar refractivity (Wildman–Crippen MR) is 69.6 cm³/mol. The molecule has 2 heterocycles. The number of nitrogens with zero attached hydrogens (tertiary/aromatic N) is 1. The van der Waals surface area contributed by atoms with E-state index in [9.17, 15) is 8.42 Å². The summed E-state index contributed by atoms with van der Waals surface area (Å²) in [7, 11) is -2.75. The maximum atomic E-state index is 11.4. The minimum Gasteiger partial charge on any atom is -0.326 e. The van der Waals surface area contributed by atoms with Crippen LogP contribution in [0.3, 0.4) is 0 Å². The van der Waals surface area contributed by atoms with Crippen LogP contribution in [-0.2, 0) is 9.84 Å². The molecule has 0 saturated carbocycles. The smallest absolute Gasteiger partial charge is 0.150 e. The first-order chi connectivity index (χ1) is 8.07. The highest BCUT2D eigenvalue weighted by Crippen LogP contribution is 2.22. The fourth-order valence-electron chi connectivity index (χ4n) is 2.93. The van der Waals surface area contributed by atoms with Crippen LogP contribution in [-0.4, -0.2) is 50.5 Å². The Morgan fingerprint density at radius 1 is 1.12 bits per heavy atom. The summed E-state index contributed by atoms with van der Waals surface area (Å²) in [5.41, 5.74) is 6.23. The molecule has 2 aliphatic rings. The average Bonchev–Trinajstić information content (AvgIpc) is 2.30. The third-order valence-electron chi connectivity index (χ3n) is 4.12. The fourth-order valence-corrected chi connectivity index (χ4v) is 4.45. The second-order valence-corrected chi connectivity index (χ2v) is 7.82. The molecule has 2 aliphatic heterocycles. The number of nitrogens with two attached hydrogens (primary N) is 1. The van der Waals surface area contributed by atoms with Crippen molar-refractivity contribution in [2.45, 2.75) is 38.1 Å². The van der Waals surface area contributed by atoms with Gasteiger partial charge in [0.05, 0.1) is 11.5 Å². The van der Waals surface area contributed by atoms with E-state index in [-0.39, 0.29) is 6.04 Å². The third-order valence-corrected chi connectivity index (χ3v) is 5.84. The molecule has 1 unspecified atom stereocenters.